The molecule has 2 aromatic rings. The number of ether oxygens (including phenoxy) is 1. The lowest BCUT2D eigenvalue weighted by Crippen LogP contribution is -2.38. The number of rotatable bonds is 7. The van der Waals surface area contributed by atoms with Gasteiger partial charge in [-0.25, -0.2) is 0 Å². The van der Waals surface area contributed by atoms with E-state index < -0.39 is 6.61 Å². The Hall–Kier alpha value is -1.97. The largest absolute Gasteiger partial charge is 0.434 e. The smallest absolute Gasteiger partial charge is 0.387 e. The number of halogens is 3. The average Bonchev–Trinajstić information content (AvgIpc) is 2.60. The van der Waals surface area contributed by atoms with Gasteiger partial charge in [0.15, 0.2) is 5.96 Å². The Morgan fingerprint density at radius 2 is 1.96 bits per heavy atom. The summed E-state index contributed by atoms with van der Waals surface area (Å²) < 4.78 is 29.4. The van der Waals surface area contributed by atoms with Crippen molar-refractivity contribution in [3.05, 3.63) is 59.4 Å². The number of hydrogen-bond acceptors (Lipinski definition) is 3. The van der Waals surface area contributed by atoms with E-state index in [0.29, 0.717) is 24.6 Å². The van der Waals surface area contributed by atoms with Crippen LogP contribution in [-0.4, -0.2) is 31.1 Å². The van der Waals surface area contributed by atoms with E-state index in [9.17, 15) is 8.78 Å². The van der Waals surface area contributed by atoms with E-state index in [-0.39, 0.29) is 29.7 Å². The van der Waals surface area contributed by atoms with Crippen molar-refractivity contribution >= 4 is 29.9 Å². The first-order valence-electron chi connectivity index (χ1n) is 7.97. The van der Waals surface area contributed by atoms with Crippen LogP contribution in [0.5, 0.6) is 5.75 Å². The Balaban J connectivity index is 0.00000338. The van der Waals surface area contributed by atoms with Crippen molar-refractivity contribution in [3.8, 4) is 5.75 Å². The lowest BCUT2D eigenvalue weighted by molar-refractivity contribution is -0.0504. The predicted molar refractivity (Wildman–Crippen MR) is 109 cm³/mol. The Bertz CT molecular complexity index is 713. The van der Waals surface area contributed by atoms with Crippen LogP contribution in [0.25, 0.3) is 0 Å². The molecule has 0 atom stereocenters. The highest BCUT2D eigenvalue weighted by molar-refractivity contribution is 14.0. The molecule has 0 fully saturated rings. The minimum atomic E-state index is -2.85. The zero-order chi connectivity index (χ0) is 18.1. The summed E-state index contributed by atoms with van der Waals surface area (Å²) in [5.41, 5.74) is 3.00. The molecule has 2 rings (SSSR count). The van der Waals surface area contributed by atoms with Gasteiger partial charge in [-0.1, -0.05) is 18.2 Å². The number of para-hydroxylation sites is 1. The third-order valence-corrected chi connectivity index (χ3v) is 3.68. The van der Waals surface area contributed by atoms with Gasteiger partial charge >= 0.3 is 6.61 Å². The molecule has 8 heteroatoms. The normalized spacial score (nSPS) is 11.0. The topological polar surface area (TPSA) is 58.5 Å². The van der Waals surface area contributed by atoms with Gasteiger partial charge < -0.3 is 15.4 Å². The van der Waals surface area contributed by atoms with E-state index in [1.807, 2.05) is 19.2 Å². The highest BCUT2D eigenvalue weighted by Crippen LogP contribution is 2.19. The van der Waals surface area contributed by atoms with Gasteiger partial charge in [-0.05, 0) is 36.6 Å². The number of hydrogen-bond donors (Lipinski definition) is 2. The molecule has 5 nitrogen and oxygen atoms in total. The molecular formula is C18H23F2IN4O. The molecule has 1 aromatic heterocycles. The molecule has 0 saturated heterocycles. The maximum Gasteiger partial charge on any atom is 0.387 e. The number of pyridine rings is 1. The quantitative estimate of drug-likeness (QED) is 0.365. The van der Waals surface area contributed by atoms with Crippen LogP contribution in [0, 0.1) is 6.92 Å². The summed E-state index contributed by atoms with van der Waals surface area (Å²) in [6.07, 6.45) is 4.44. The van der Waals surface area contributed by atoms with Gasteiger partial charge in [0, 0.05) is 38.1 Å². The zero-order valence-corrected chi connectivity index (χ0v) is 17.0. The van der Waals surface area contributed by atoms with E-state index in [1.54, 1.807) is 31.4 Å². The molecule has 0 amide bonds. The molecular weight excluding hydrogens is 453 g/mol. The molecule has 1 heterocycles. The fourth-order valence-electron chi connectivity index (χ4n) is 2.36. The SMILES string of the molecule is CN=C(NCCc1ccncc1C)NCc1ccccc1OC(F)F.I. The number of nitrogens with one attached hydrogen (secondary N) is 2. The van der Waals surface area contributed by atoms with Crippen LogP contribution in [-0.2, 0) is 13.0 Å². The van der Waals surface area contributed by atoms with Crippen LogP contribution in [0.1, 0.15) is 16.7 Å². The molecule has 2 N–H and O–H groups in total. The fraction of sp³-hybridized carbons (Fsp3) is 0.333. The maximum atomic E-state index is 12.4. The third kappa shape index (κ3) is 7.11. The van der Waals surface area contributed by atoms with E-state index in [4.69, 9.17) is 0 Å². The van der Waals surface area contributed by atoms with Gasteiger partial charge in [0.25, 0.3) is 0 Å². The lowest BCUT2D eigenvalue weighted by Gasteiger charge is -2.14. The summed E-state index contributed by atoms with van der Waals surface area (Å²) >= 11 is 0. The van der Waals surface area contributed by atoms with Crippen molar-refractivity contribution < 1.29 is 13.5 Å². The van der Waals surface area contributed by atoms with E-state index in [0.717, 1.165) is 12.0 Å². The number of aryl methyl sites for hydroxylation is 1. The van der Waals surface area contributed by atoms with E-state index in [1.165, 1.54) is 11.6 Å². The van der Waals surface area contributed by atoms with E-state index >= 15 is 0 Å². The first-order valence-corrected chi connectivity index (χ1v) is 7.97. The highest BCUT2D eigenvalue weighted by Gasteiger charge is 2.09. The molecule has 0 aliphatic rings. The highest BCUT2D eigenvalue weighted by atomic mass is 127. The molecule has 1 aromatic carbocycles. The average molecular weight is 476 g/mol. The Morgan fingerprint density at radius 3 is 2.65 bits per heavy atom. The minimum Gasteiger partial charge on any atom is -0.434 e. The molecule has 0 radical (unpaired) electrons. The second kappa shape index (κ2) is 11.6. The first kappa shape index (κ1) is 22.1. The minimum absolute atomic E-state index is 0. The Kier molecular flexibility index (Phi) is 9.85. The van der Waals surface area contributed by atoms with Crippen molar-refractivity contribution in [2.24, 2.45) is 4.99 Å². The molecule has 26 heavy (non-hydrogen) atoms. The number of alkyl halides is 2. The number of guanidine groups is 1. The van der Waals surface area contributed by atoms with E-state index in [2.05, 4.69) is 25.3 Å². The molecule has 0 bridgehead atoms. The van der Waals surface area contributed by atoms with Gasteiger partial charge in [-0.2, -0.15) is 8.78 Å². The van der Waals surface area contributed by atoms with Crippen molar-refractivity contribution in [3.63, 3.8) is 0 Å². The summed E-state index contributed by atoms with van der Waals surface area (Å²) in [6.45, 7) is 0.202. The van der Waals surface area contributed by atoms with Crippen LogP contribution in [0.4, 0.5) is 8.78 Å². The van der Waals surface area contributed by atoms with Gasteiger partial charge in [0.2, 0.25) is 0 Å². The van der Waals surface area contributed by atoms with Crippen LogP contribution in [0.15, 0.2) is 47.7 Å². The summed E-state index contributed by atoms with van der Waals surface area (Å²) in [5.74, 6) is 0.756. The predicted octanol–water partition coefficient (Wildman–Crippen LogP) is 3.52. The second-order valence-corrected chi connectivity index (χ2v) is 5.39. The molecule has 0 aliphatic heterocycles. The number of aliphatic imine (C=N–C) groups is 1. The zero-order valence-electron chi connectivity index (χ0n) is 14.7. The van der Waals surface area contributed by atoms with Crippen LogP contribution < -0.4 is 15.4 Å². The Labute approximate surface area is 169 Å². The second-order valence-electron chi connectivity index (χ2n) is 5.39. The monoisotopic (exact) mass is 476 g/mol. The van der Waals surface area contributed by atoms with Crippen molar-refractivity contribution in [2.45, 2.75) is 26.5 Å². The van der Waals surface area contributed by atoms with Gasteiger partial charge in [-0.15, -0.1) is 24.0 Å². The standard InChI is InChI=1S/C18H22F2N4O.HI/c1-13-11-22-9-7-14(13)8-10-23-18(21-2)24-12-15-5-3-4-6-16(15)25-17(19)20;/h3-7,9,11,17H,8,10,12H2,1-2H3,(H2,21,23,24);1H. The lowest BCUT2D eigenvalue weighted by atomic mass is 10.1. The van der Waals surface area contributed by atoms with Crippen molar-refractivity contribution in [1.29, 1.82) is 0 Å². The summed E-state index contributed by atoms with van der Waals surface area (Å²) in [7, 11) is 1.66. The fourth-order valence-corrected chi connectivity index (χ4v) is 2.36. The van der Waals surface area contributed by atoms with Gasteiger partial charge in [0.05, 0.1) is 0 Å². The summed E-state index contributed by atoms with van der Waals surface area (Å²) in [4.78, 5) is 8.21. The summed E-state index contributed by atoms with van der Waals surface area (Å²) in [6, 6.07) is 8.68. The molecule has 0 saturated carbocycles. The van der Waals surface area contributed by atoms with Crippen LogP contribution >= 0.6 is 24.0 Å². The summed E-state index contributed by atoms with van der Waals surface area (Å²) in [5, 5.41) is 6.31. The number of nitrogens with zero attached hydrogens (tertiary/aromatic N) is 2. The number of aromatic nitrogens is 1. The third-order valence-electron chi connectivity index (χ3n) is 3.68. The van der Waals surface area contributed by atoms with Gasteiger partial charge in [-0.3, -0.25) is 9.98 Å². The maximum absolute atomic E-state index is 12.4. The van der Waals surface area contributed by atoms with Crippen LogP contribution in [0.3, 0.4) is 0 Å². The van der Waals surface area contributed by atoms with Gasteiger partial charge in [0.1, 0.15) is 5.75 Å². The number of benzene rings is 1. The molecule has 0 spiro atoms. The van der Waals surface area contributed by atoms with Crippen molar-refractivity contribution in [1.82, 2.24) is 15.6 Å². The molecule has 0 unspecified atom stereocenters. The first-order chi connectivity index (χ1) is 12.1. The molecule has 0 aliphatic carbocycles. The Morgan fingerprint density at radius 1 is 1.19 bits per heavy atom. The van der Waals surface area contributed by atoms with Crippen LogP contribution in [0.2, 0.25) is 0 Å². The molecule has 142 valence electrons. The van der Waals surface area contributed by atoms with Crippen molar-refractivity contribution in [2.75, 3.05) is 13.6 Å².